The summed E-state index contributed by atoms with van der Waals surface area (Å²) in [7, 11) is 4.76. The fraction of sp³-hybridized carbons (Fsp3) is 0.435. The monoisotopic (exact) mass is 429 g/mol. The molecule has 1 saturated heterocycles. The van der Waals surface area contributed by atoms with E-state index in [4.69, 9.17) is 14.2 Å². The second-order valence-electron chi connectivity index (χ2n) is 7.52. The van der Waals surface area contributed by atoms with Gasteiger partial charge in [-0.25, -0.2) is 4.79 Å². The Bertz CT molecular complexity index is 876. The third kappa shape index (κ3) is 5.95. The van der Waals surface area contributed by atoms with Crippen molar-refractivity contribution < 1.29 is 24.1 Å². The van der Waals surface area contributed by atoms with E-state index in [0.29, 0.717) is 29.5 Å². The van der Waals surface area contributed by atoms with E-state index in [1.165, 1.54) is 7.11 Å². The number of amides is 2. The van der Waals surface area contributed by atoms with Crippen molar-refractivity contribution in [3.63, 3.8) is 0 Å². The highest BCUT2D eigenvalue weighted by Crippen LogP contribution is 2.29. The number of hydrogen-bond acceptors (Lipinski definition) is 6. The summed E-state index contributed by atoms with van der Waals surface area (Å²) in [5, 5.41) is 16.1. The maximum absolute atomic E-state index is 12.2. The lowest BCUT2D eigenvalue weighted by atomic mass is 10.1. The first-order chi connectivity index (χ1) is 15.0. The second kappa shape index (κ2) is 10.8. The SMILES string of the molecule is COc1cccc(N2CCC(CNC(=O)NCC(O)c3cc(OC)ccc3OC)C2)c1. The van der Waals surface area contributed by atoms with Crippen molar-refractivity contribution in [2.24, 2.45) is 5.92 Å². The lowest BCUT2D eigenvalue weighted by Gasteiger charge is -2.20. The van der Waals surface area contributed by atoms with Crippen LogP contribution in [0.3, 0.4) is 0 Å². The summed E-state index contributed by atoms with van der Waals surface area (Å²) in [6.45, 7) is 2.45. The molecule has 168 valence electrons. The van der Waals surface area contributed by atoms with E-state index in [9.17, 15) is 9.90 Å². The highest BCUT2D eigenvalue weighted by molar-refractivity contribution is 5.73. The molecule has 3 rings (SSSR count). The molecule has 0 bridgehead atoms. The molecular formula is C23H31N3O5. The van der Waals surface area contributed by atoms with Crippen molar-refractivity contribution >= 4 is 11.7 Å². The zero-order valence-corrected chi connectivity index (χ0v) is 18.3. The number of carbonyl (C=O) groups is 1. The van der Waals surface area contributed by atoms with Gasteiger partial charge in [-0.3, -0.25) is 0 Å². The Labute approximate surface area is 183 Å². The molecule has 1 fully saturated rings. The van der Waals surface area contributed by atoms with Gasteiger partial charge in [0.1, 0.15) is 23.4 Å². The van der Waals surface area contributed by atoms with Gasteiger partial charge in [0, 0.05) is 43.5 Å². The highest BCUT2D eigenvalue weighted by atomic mass is 16.5. The van der Waals surface area contributed by atoms with E-state index in [1.54, 1.807) is 32.4 Å². The van der Waals surface area contributed by atoms with Gasteiger partial charge in [-0.2, -0.15) is 0 Å². The molecule has 2 atom stereocenters. The molecule has 31 heavy (non-hydrogen) atoms. The van der Waals surface area contributed by atoms with Gasteiger partial charge in [-0.05, 0) is 42.7 Å². The van der Waals surface area contributed by atoms with Crippen molar-refractivity contribution in [2.45, 2.75) is 12.5 Å². The molecule has 2 unspecified atom stereocenters. The number of nitrogens with one attached hydrogen (secondary N) is 2. The third-order valence-corrected chi connectivity index (χ3v) is 5.51. The van der Waals surface area contributed by atoms with E-state index >= 15 is 0 Å². The number of rotatable bonds is 9. The number of carbonyl (C=O) groups excluding carboxylic acids is 1. The Morgan fingerprint density at radius 3 is 2.61 bits per heavy atom. The first kappa shape index (κ1) is 22.6. The molecule has 8 nitrogen and oxygen atoms in total. The zero-order chi connectivity index (χ0) is 22.2. The number of anilines is 1. The molecule has 0 spiro atoms. The van der Waals surface area contributed by atoms with Crippen LogP contribution in [0.5, 0.6) is 17.2 Å². The maximum atomic E-state index is 12.2. The third-order valence-electron chi connectivity index (χ3n) is 5.51. The summed E-state index contributed by atoms with van der Waals surface area (Å²) in [4.78, 5) is 14.5. The number of methoxy groups -OCH3 is 3. The normalized spacial score (nSPS) is 16.5. The van der Waals surface area contributed by atoms with Crippen LogP contribution < -0.4 is 29.7 Å². The van der Waals surface area contributed by atoms with E-state index in [0.717, 1.165) is 30.9 Å². The molecule has 8 heteroatoms. The number of benzene rings is 2. The molecule has 0 aromatic heterocycles. The molecule has 2 aromatic rings. The minimum atomic E-state index is -0.911. The Kier molecular flexibility index (Phi) is 7.83. The predicted octanol–water partition coefficient (Wildman–Crippen LogP) is 2.57. The van der Waals surface area contributed by atoms with Crippen LogP contribution in [0.4, 0.5) is 10.5 Å². The molecule has 0 saturated carbocycles. The number of hydrogen-bond donors (Lipinski definition) is 3. The highest BCUT2D eigenvalue weighted by Gasteiger charge is 2.23. The van der Waals surface area contributed by atoms with Crippen LogP contribution in [0.2, 0.25) is 0 Å². The number of urea groups is 1. The predicted molar refractivity (Wildman–Crippen MR) is 119 cm³/mol. The van der Waals surface area contributed by atoms with Gasteiger partial charge >= 0.3 is 6.03 Å². The lowest BCUT2D eigenvalue weighted by molar-refractivity contribution is 0.168. The number of aliphatic hydroxyl groups is 1. The molecule has 1 aliphatic rings. The van der Waals surface area contributed by atoms with Crippen LogP contribution >= 0.6 is 0 Å². The van der Waals surface area contributed by atoms with E-state index in [1.807, 2.05) is 18.2 Å². The average Bonchev–Trinajstić information content (AvgIpc) is 3.30. The van der Waals surface area contributed by atoms with Crippen molar-refractivity contribution in [3.8, 4) is 17.2 Å². The van der Waals surface area contributed by atoms with Crippen LogP contribution in [0, 0.1) is 5.92 Å². The molecule has 2 aromatic carbocycles. The van der Waals surface area contributed by atoms with Crippen molar-refractivity contribution in [2.75, 3.05) is 52.4 Å². The summed E-state index contributed by atoms with van der Waals surface area (Å²) in [6.07, 6.45) is 0.0898. The Morgan fingerprint density at radius 2 is 1.87 bits per heavy atom. The first-order valence-electron chi connectivity index (χ1n) is 10.3. The molecule has 3 N–H and O–H groups in total. The van der Waals surface area contributed by atoms with Gasteiger partial charge in [0.15, 0.2) is 0 Å². The maximum Gasteiger partial charge on any atom is 0.314 e. The van der Waals surface area contributed by atoms with E-state index < -0.39 is 6.10 Å². The number of aliphatic hydroxyl groups excluding tert-OH is 1. The Morgan fingerprint density at radius 1 is 1.10 bits per heavy atom. The largest absolute Gasteiger partial charge is 0.497 e. The van der Waals surface area contributed by atoms with Gasteiger partial charge in [0.25, 0.3) is 0 Å². The smallest absolute Gasteiger partial charge is 0.314 e. The molecule has 0 radical (unpaired) electrons. The molecule has 2 amide bonds. The topological polar surface area (TPSA) is 92.3 Å². The summed E-state index contributed by atoms with van der Waals surface area (Å²) < 4.78 is 15.8. The summed E-state index contributed by atoms with van der Waals surface area (Å²) >= 11 is 0. The van der Waals surface area contributed by atoms with Crippen molar-refractivity contribution in [1.82, 2.24) is 10.6 Å². The molecule has 1 heterocycles. The van der Waals surface area contributed by atoms with Crippen LogP contribution in [0.1, 0.15) is 18.1 Å². The summed E-state index contributed by atoms with van der Waals surface area (Å²) in [5.74, 6) is 2.35. The molecule has 1 aliphatic heterocycles. The van der Waals surface area contributed by atoms with Crippen molar-refractivity contribution in [1.29, 1.82) is 0 Å². The number of ether oxygens (including phenoxy) is 3. The molecule has 0 aliphatic carbocycles. The van der Waals surface area contributed by atoms with Crippen LogP contribution in [0.15, 0.2) is 42.5 Å². The van der Waals surface area contributed by atoms with Crippen LogP contribution in [0.25, 0.3) is 0 Å². The van der Waals surface area contributed by atoms with Crippen molar-refractivity contribution in [3.05, 3.63) is 48.0 Å². The van der Waals surface area contributed by atoms with Gasteiger partial charge < -0.3 is 34.9 Å². The quantitative estimate of drug-likeness (QED) is 0.568. The molecular weight excluding hydrogens is 398 g/mol. The van der Waals surface area contributed by atoms with Crippen LogP contribution in [-0.2, 0) is 0 Å². The van der Waals surface area contributed by atoms with E-state index in [2.05, 4.69) is 21.6 Å². The summed E-state index contributed by atoms with van der Waals surface area (Å²) in [5.41, 5.74) is 1.69. The fourth-order valence-corrected chi connectivity index (χ4v) is 3.74. The second-order valence-corrected chi connectivity index (χ2v) is 7.52. The van der Waals surface area contributed by atoms with Gasteiger partial charge in [-0.15, -0.1) is 0 Å². The lowest BCUT2D eigenvalue weighted by Crippen LogP contribution is -2.40. The first-order valence-corrected chi connectivity index (χ1v) is 10.3. The minimum absolute atomic E-state index is 0.0654. The number of nitrogens with zero attached hydrogens (tertiary/aromatic N) is 1. The minimum Gasteiger partial charge on any atom is -0.497 e. The fourth-order valence-electron chi connectivity index (χ4n) is 3.74. The Balaban J connectivity index is 1.44. The van der Waals surface area contributed by atoms with Gasteiger partial charge in [0.2, 0.25) is 0 Å². The summed E-state index contributed by atoms with van der Waals surface area (Å²) in [6, 6.07) is 12.9. The van der Waals surface area contributed by atoms with Gasteiger partial charge in [-0.1, -0.05) is 6.07 Å². The standard InChI is InChI=1S/C23H31N3O5/c1-29-18-6-4-5-17(11-18)26-10-9-16(15-26)13-24-23(28)25-14-21(27)20-12-19(30-2)7-8-22(20)31-3/h4-8,11-12,16,21,27H,9-10,13-15H2,1-3H3,(H2,24,25,28). The average molecular weight is 430 g/mol. The Hall–Kier alpha value is -3.13. The van der Waals surface area contributed by atoms with E-state index in [-0.39, 0.29) is 12.6 Å². The zero-order valence-electron chi connectivity index (χ0n) is 18.3. The van der Waals surface area contributed by atoms with Gasteiger partial charge in [0.05, 0.1) is 21.3 Å². The van der Waals surface area contributed by atoms with Crippen LogP contribution in [-0.4, -0.2) is 58.6 Å².